The highest BCUT2D eigenvalue weighted by Gasteiger charge is 2.53. The fraction of sp³-hybridized carbons (Fsp3) is 0.286. The molecule has 2 atom stereocenters. The van der Waals surface area contributed by atoms with Gasteiger partial charge in [-0.15, -0.1) is 0 Å². The van der Waals surface area contributed by atoms with E-state index < -0.39 is 6.04 Å². The number of anilines is 1. The van der Waals surface area contributed by atoms with Gasteiger partial charge in [0.25, 0.3) is 5.91 Å². The van der Waals surface area contributed by atoms with Gasteiger partial charge >= 0.3 is 0 Å². The molecule has 1 saturated carbocycles. The summed E-state index contributed by atoms with van der Waals surface area (Å²) in [6.45, 7) is 0. The van der Waals surface area contributed by atoms with Crippen LogP contribution in [0.2, 0.25) is 0 Å². The van der Waals surface area contributed by atoms with E-state index in [-0.39, 0.29) is 23.9 Å². The van der Waals surface area contributed by atoms with Crippen molar-refractivity contribution in [3.63, 3.8) is 0 Å². The number of amides is 1. The van der Waals surface area contributed by atoms with Gasteiger partial charge in [0.1, 0.15) is 6.17 Å². The Morgan fingerprint density at radius 2 is 1.28 bits per heavy atom. The Kier molecular flexibility index (Phi) is 5.87. The van der Waals surface area contributed by atoms with E-state index in [1.54, 1.807) is 0 Å². The van der Waals surface area contributed by atoms with E-state index >= 15 is 0 Å². The number of carbonyl (C=O) groups is 2. The Balaban J connectivity index is 1.66. The number of carbonyl (C=O) groups excluding carboxylic acids is 2. The monoisotopic (exact) mass is 424 g/mol. The molecule has 0 unspecified atom stereocenters. The van der Waals surface area contributed by atoms with Crippen molar-refractivity contribution in [1.82, 2.24) is 4.90 Å². The molecule has 32 heavy (non-hydrogen) atoms. The summed E-state index contributed by atoms with van der Waals surface area (Å²) in [6.07, 6.45) is 5.21. The summed E-state index contributed by atoms with van der Waals surface area (Å²) < 4.78 is 0. The average Bonchev–Trinajstić information content (AvgIpc) is 3.18. The lowest BCUT2D eigenvalue weighted by molar-refractivity contribution is -0.118. The van der Waals surface area contributed by atoms with E-state index in [4.69, 9.17) is 0 Å². The van der Waals surface area contributed by atoms with E-state index in [1.165, 1.54) is 6.42 Å². The number of hydrogen-bond acceptors (Lipinski definition) is 3. The molecule has 5 rings (SSSR count). The van der Waals surface area contributed by atoms with Crippen molar-refractivity contribution in [2.75, 3.05) is 4.90 Å². The summed E-state index contributed by atoms with van der Waals surface area (Å²) in [7, 11) is 0. The van der Waals surface area contributed by atoms with Crippen molar-refractivity contribution in [3.05, 3.63) is 102 Å². The normalized spacial score (nSPS) is 22.2. The van der Waals surface area contributed by atoms with Crippen LogP contribution in [-0.2, 0) is 4.79 Å². The zero-order valence-electron chi connectivity index (χ0n) is 18.1. The first-order chi connectivity index (χ1) is 15.8. The van der Waals surface area contributed by atoms with Crippen molar-refractivity contribution >= 4 is 17.4 Å². The molecule has 0 aromatic heterocycles. The number of ketones is 1. The molecule has 4 heteroatoms. The molecule has 0 N–H and O–H groups in total. The van der Waals surface area contributed by atoms with Crippen molar-refractivity contribution in [1.29, 1.82) is 0 Å². The molecule has 2 aliphatic rings. The maximum Gasteiger partial charge on any atom is 0.254 e. The molecule has 0 spiro atoms. The van der Waals surface area contributed by atoms with Gasteiger partial charge in [-0.3, -0.25) is 19.4 Å². The molecule has 3 aromatic rings. The van der Waals surface area contributed by atoms with Crippen LogP contribution in [0, 0.1) is 0 Å². The minimum atomic E-state index is -0.814. The van der Waals surface area contributed by atoms with Crippen LogP contribution in [-0.4, -0.2) is 28.7 Å². The fourth-order valence-electron chi connectivity index (χ4n) is 5.26. The third kappa shape index (κ3) is 3.76. The van der Waals surface area contributed by atoms with Gasteiger partial charge in [0.2, 0.25) is 0 Å². The Morgan fingerprint density at radius 3 is 1.91 bits per heavy atom. The van der Waals surface area contributed by atoms with Crippen LogP contribution >= 0.6 is 0 Å². The van der Waals surface area contributed by atoms with Crippen LogP contribution in [0.4, 0.5) is 5.69 Å². The number of Topliss-reactive ketones (excluding diaryl/α,β-unsaturated/α-hetero) is 1. The molecule has 1 amide bonds. The number of nitrogens with zero attached hydrogens (tertiary/aromatic N) is 2. The second kappa shape index (κ2) is 9.09. The predicted molar refractivity (Wildman–Crippen MR) is 126 cm³/mol. The van der Waals surface area contributed by atoms with Gasteiger partial charge in [0, 0.05) is 17.3 Å². The lowest BCUT2D eigenvalue weighted by Crippen LogP contribution is -2.47. The zero-order valence-corrected chi connectivity index (χ0v) is 18.1. The van der Waals surface area contributed by atoms with E-state index in [1.807, 2.05) is 83.8 Å². The fourth-order valence-corrected chi connectivity index (χ4v) is 5.26. The van der Waals surface area contributed by atoms with E-state index in [9.17, 15) is 9.59 Å². The first-order valence-corrected chi connectivity index (χ1v) is 11.6. The molecular weight excluding hydrogens is 396 g/mol. The summed E-state index contributed by atoms with van der Waals surface area (Å²) in [5.41, 5.74) is 2.46. The second-order valence-corrected chi connectivity index (χ2v) is 8.70. The van der Waals surface area contributed by atoms with Gasteiger partial charge in [0.15, 0.2) is 11.8 Å². The highest BCUT2D eigenvalue weighted by molar-refractivity contribution is 6.19. The first kappa shape index (κ1) is 20.7. The third-order valence-corrected chi connectivity index (χ3v) is 6.73. The van der Waals surface area contributed by atoms with Gasteiger partial charge in [0.05, 0.1) is 0 Å². The van der Waals surface area contributed by atoms with Crippen molar-refractivity contribution in [3.8, 4) is 0 Å². The second-order valence-electron chi connectivity index (χ2n) is 8.70. The smallest absolute Gasteiger partial charge is 0.254 e. The quantitative estimate of drug-likeness (QED) is 0.394. The molecular formula is C28H28N2O2. The molecule has 1 aliphatic carbocycles. The van der Waals surface area contributed by atoms with Gasteiger partial charge in [-0.25, -0.2) is 0 Å². The minimum absolute atomic E-state index is 0.111. The van der Waals surface area contributed by atoms with E-state index in [0.29, 0.717) is 5.56 Å². The van der Waals surface area contributed by atoms with Crippen LogP contribution in [0.5, 0.6) is 0 Å². The Morgan fingerprint density at radius 1 is 0.719 bits per heavy atom. The lowest BCUT2D eigenvalue weighted by Gasteiger charge is -2.39. The van der Waals surface area contributed by atoms with Gasteiger partial charge < -0.3 is 0 Å². The molecule has 162 valence electrons. The molecule has 1 heterocycles. The lowest BCUT2D eigenvalue weighted by atomic mass is 9.91. The summed E-state index contributed by atoms with van der Waals surface area (Å²) in [4.78, 5) is 31.9. The number of benzene rings is 3. The maximum absolute atomic E-state index is 14.0. The summed E-state index contributed by atoms with van der Waals surface area (Å²) in [5, 5.41) is 0. The molecule has 0 bridgehead atoms. The molecule has 1 saturated heterocycles. The molecule has 0 radical (unpaired) electrons. The van der Waals surface area contributed by atoms with Gasteiger partial charge in [-0.2, -0.15) is 0 Å². The maximum atomic E-state index is 14.0. The Hall–Kier alpha value is -3.24. The summed E-state index contributed by atoms with van der Waals surface area (Å²) >= 11 is 0. The number of rotatable bonds is 5. The Bertz CT molecular complexity index is 1060. The van der Waals surface area contributed by atoms with E-state index in [0.717, 1.165) is 36.9 Å². The SMILES string of the molecule is O=C(c1ccccc1)[C@H]1C(=O)N(c2ccccc2)[C@@H](c2ccccc2)N1C1CCCCC1. The van der Waals surface area contributed by atoms with Crippen molar-refractivity contribution in [2.45, 2.75) is 50.4 Å². The summed E-state index contributed by atoms with van der Waals surface area (Å²) in [6, 6.07) is 28.6. The standard InChI is InChI=1S/C28H28N2O2/c31-26(21-13-5-1-6-14-21)25-28(32)30(24-19-11-4-12-20-24)27(22-15-7-2-8-16-22)29(25)23-17-9-3-10-18-23/h1-2,4-8,11-16,19-20,23,25,27H,3,9-10,17-18H2/t25-,27-/m0/s1. The molecule has 4 nitrogen and oxygen atoms in total. The summed E-state index contributed by atoms with van der Waals surface area (Å²) in [5.74, 6) is -0.245. The van der Waals surface area contributed by atoms with Crippen LogP contribution in [0.25, 0.3) is 0 Å². The number of hydrogen-bond donors (Lipinski definition) is 0. The molecule has 1 aliphatic heterocycles. The Labute approximate surface area is 189 Å². The average molecular weight is 425 g/mol. The number of para-hydroxylation sites is 1. The largest absolute Gasteiger partial charge is 0.292 e. The predicted octanol–water partition coefficient (Wildman–Crippen LogP) is 5.62. The van der Waals surface area contributed by atoms with Gasteiger partial charge in [-0.1, -0.05) is 98.1 Å². The first-order valence-electron chi connectivity index (χ1n) is 11.6. The topological polar surface area (TPSA) is 40.6 Å². The van der Waals surface area contributed by atoms with Crippen molar-refractivity contribution < 1.29 is 9.59 Å². The van der Waals surface area contributed by atoms with Crippen molar-refractivity contribution in [2.24, 2.45) is 0 Å². The third-order valence-electron chi connectivity index (χ3n) is 6.73. The van der Waals surface area contributed by atoms with Crippen LogP contribution in [0.15, 0.2) is 91.0 Å². The highest BCUT2D eigenvalue weighted by atomic mass is 16.2. The zero-order chi connectivity index (χ0) is 21.9. The van der Waals surface area contributed by atoms with Crippen LogP contribution in [0.3, 0.4) is 0 Å². The van der Waals surface area contributed by atoms with Crippen LogP contribution < -0.4 is 4.90 Å². The highest BCUT2D eigenvalue weighted by Crippen LogP contribution is 2.43. The molecule has 3 aromatic carbocycles. The van der Waals surface area contributed by atoms with E-state index in [2.05, 4.69) is 17.0 Å². The minimum Gasteiger partial charge on any atom is -0.292 e. The van der Waals surface area contributed by atoms with Gasteiger partial charge in [-0.05, 0) is 30.5 Å². The van der Waals surface area contributed by atoms with Crippen LogP contribution in [0.1, 0.15) is 54.2 Å². The molecule has 2 fully saturated rings.